The number of hydrogen-bond acceptors (Lipinski definition) is 3. The highest BCUT2D eigenvalue weighted by Crippen LogP contribution is 2.22. The normalized spacial score (nSPS) is 12.2. The van der Waals surface area contributed by atoms with E-state index in [1.807, 2.05) is 13.8 Å². The lowest BCUT2D eigenvalue weighted by Crippen LogP contribution is -2.34. The highest BCUT2D eigenvalue weighted by Gasteiger charge is 2.23. The van der Waals surface area contributed by atoms with Crippen LogP contribution in [0, 0.1) is 0 Å². The van der Waals surface area contributed by atoms with Crippen LogP contribution in [0.2, 0.25) is 5.02 Å². The Hall–Kier alpha value is -1.59. The maximum absolute atomic E-state index is 11.8. The quantitative estimate of drug-likeness (QED) is 0.644. The van der Waals surface area contributed by atoms with Gasteiger partial charge in [0.2, 0.25) is 5.91 Å². The third-order valence-electron chi connectivity index (χ3n) is 2.90. The molecule has 1 atom stereocenters. The van der Waals surface area contributed by atoms with E-state index in [-0.39, 0.29) is 12.3 Å². The molecule has 116 valence electrons. The summed E-state index contributed by atoms with van der Waals surface area (Å²) in [5.41, 5.74) is 0.389. The fraction of sp³-hybridized carbons (Fsp3) is 0.467. The molecule has 6 heteroatoms. The molecule has 3 N–H and O–H groups in total. The van der Waals surface area contributed by atoms with Gasteiger partial charge >= 0.3 is 5.97 Å². The fourth-order valence-corrected chi connectivity index (χ4v) is 2.10. The van der Waals surface area contributed by atoms with Gasteiger partial charge in [-0.15, -0.1) is 0 Å². The molecule has 0 aliphatic carbocycles. The van der Waals surface area contributed by atoms with E-state index < -0.39 is 12.0 Å². The van der Waals surface area contributed by atoms with Gasteiger partial charge in [-0.3, -0.25) is 4.79 Å². The Kier molecular flexibility index (Phi) is 7.19. The molecular formula is C15H21ClN2O3. The van der Waals surface area contributed by atoms with E-state index in [1.54, 1.807) is 24.3 Å². The number of aliphatic carboxylic acids is 1. The molecule has 21 heavy (non-hydrogen) atoms. The molecule has 5 nitrogen and oxygen atoms in total. The lowest BCUT2D eigenvalue weighted by Gasteiger charge is -2.16. The molecule has 1 amide bonds. The van der Waals surface area contributed by atoms with Gasteiger partial charge in [0.05, 0.1) is 0 Å². The molecule has 0 spiro atoms. The van der Waals surface area contributed by atoms with Gasteiger partial charge < -0.3 is 15.7 Å². The smallest absolute Gasteiger partial charge is 0.330 e. The Morgan fingerprint density at radius 1 is 1.29 bits per heavy atom. The first-order chi connectivity index (χ1) is 9.91. The number of halogens is 1. The van der Waals surface area contributed by atoms with Gasteiger partial charge in [0.15, 0.2) is 6.04 Å². The lowest BCUT2D eigenvalue weighted by atomic mass is 10.1. The number of hydrogen-bond donors (Lipinski definition) is 3. The van der Waals surface area contributed by atoms with Crippen LogP contribution < -0.4 is 10.6 Å². The average Bonchev–Trinajstić information content (AvgIpc) is 2.41. The van der Waals surface area contributed by atoms with Crippen molar-refractivity contribution in [3.05, 3.63) is 34.9 Å². The van der Waals surface area contributed by atoms with Crippen LogP contribution in [0.3, 0.4) is 0 Å². The second-order valence-electron chi connectivity index (χ2n) is 5.07. The van der Waals surface area contributed by atoms with Crippen molar-refractivity contribution in [3.8, 4) is 0 Å². The number of nitrogens with one attached hydrogen (secondary N) is 2. The molecule has 1 aromatic carbocycles. The molecule has 0 saturated heterocycles. The minimum absolute atomic E-state index is 0.272. The summed E-state index contributed by atoms with van der Waals surface area (Å²) in [5.74, 6) is -1.43. The van der Waals surface area contributed by atoms with Crippen LogP contribution in [0.25, 0.3) is 0 Å². The van der Waals surface area contributed by atoms with E-state index in [1.165, 1.54) is 0 Å². The van der Waals surface area contributed by atoms with Gasteiger partial charge in [-0.1, -0.05) is 43.6 Å². The van der Waals surface area contributed by atoms with Crippen molar-refractivity contribution < 1.29 is 14.7 Å². The lowest BCUT2D eigenvalue weighted by molar-refractivity contribution is -0.142. The molecule has 0 heterocycles. The number of benzene rings is 1. The van der Waals surface area contributed by atoms with Crippen LogP contribution in [0.1, 0.15) is 38.3 Å². The highest BCUT2D eigenvalue weighted by atomic mass is 35.5. The largest absolute Gasteiger partial charge is 0.479 e. The van der Waals surface area contributed by atoms with Gasteiger partial charge in [0.1, 0.15) is 0 Å². The van der Waals surface area contributed by atoms with E-state index in [2.05, 4.69) is 10.6 Å². The number of amides is 1. The molecule has 0 bridgehead atoms. The maximum Gasteiger partial charge on any atom is 0.330 e. The van der Waals surface area contributed by atoms with Gasteiger partial charge in [-0.2, -0.15) is 0 Å². The van der Waals surface area contributed by atoms with Gasteiger partial charge in [-0.25, -0.2) is 4.79 Å². The summed E-state index contributed by atoms with van der Waals surface area (Å²) in [5, 5.41) is 15.3. The molecule has 0 fully saturated rings. The second kappa shape index (κ2) is 8.64. The van der Waals surface area contributed by atoms with Gasteiger partial charge in [0, 0.05) is 23.0 Å². The highest BCUT2D eigenvalue weighted by molar-refractivity contribution is 6.31. The molecule has 0 unspecified atom stereocenters. The first kappa shape index (κ1) is 17.5. The number of carboxylic acid groups (broad SMARTS) is 1. The summed E-state index contributed by atoms with van der Waals surface area (Å²) in [6.45, 7) is 4.77. The third kappa shape index (κ3) is 6.14. The Morgan fingerprint density at radius 3 is 2.52 bits per heavy atom. The maximum atomic E-state index is 11.8. The van der Waals surface area contributed by atoms with Crippen LogP contribution in [-0.4, -0.2) is 29.6 Å². The molecule has 0 radical (unpaired) electrons. The summed E-state index contributed by atoms with van der Waals surface area (Å²) in [6, 6.07) is 5.85. The number of rotatable bonds is 8. The van der Waals surface area contributed by atoms with E-state index in [4.69, 9.17) is 11.6 Å². The van der Waals surface area contributed by atoms with E-state index >= 15 is 0 Å². The predicted molar refractivity (Wildman–Crippen MR) is 82.3 cm³/mol. The topological polar surface area (TPSA) is 78.4 Å². The summed E-state index contributed by atoms with van der Waals surface area (Å²) in [4.78, 5) is 23.2. The third-order valence-corrected chi connectivity index (χ3v) is 3.25. The van der Waals surface area contributed by atoms with Crippen molar-refractivity contribution in [2.75, 3.05) is 6.54 Å². The average molecular weight is 313 g/mol. The number of carbonyl (C=O) groups is 2. The Morgan fingerprint density at radius 2 is 1.95 bits per heavy atom. The monoisotopic (exact) mass is 312 g/mol. The SMILES string of the molecule is CC(C)NCCCC(=O)N[C@@H](C(=O)O)c1ccccc1Cl. The summed E-state index contributed by atoms with van der Waals surface area (Å²) >= 11 is 5.98. The molecule has 0 aromatic heterocycles. The van der Waals surface area contributed by atoms with E-state index in [0.717, 1.165) is 6.54 Å². The summed E-state index contributed by atoms with van der Waals surface area (Å²) in [6.07, 6.45) is 0.923. The van der Waals surface area contributed by atoms with Crippen LogP contribution in [0.15, 0.2) is 24.3 Å². The second-order valence-corrected chi connectivity index (χ2v) is 5.48. The molecule has 1 aromatic rings. The first-order valence-corrected chi connectivity index (χ1v) is 7.29. The minimum atomic E-state index is -1.13. The predicted octanol–water partition coefficient (Wildman–Crippen LogP) is 2.36. The number of carbonyl (C=O) groups excluding carboxylic acids is 1. The Labute approximate surface area is 129 Å². The summed E-state index contributed by atoms with van der Waals surface area (Å²) < 4.78 is 0. The van der Waals surface area contributed by atoms with Crippen molar-refractivity contribution in [3.63, 3.8) is 0 Å². The number of carboxylic acids is 1. The standard InChI is InChI=1S/C15H21ClN2O3/c1-10(2)17-9-5-8-13(19)18-14(15(20)21)11-6-3-4-7-12(11)16/h3-4,6-7,10,14,17H,5,8-9H2,1-2H3,(H,18,19)(H,20,21)/t14-/m1/s1. The Balaban J connectivity index is 2.58. The zero-order chi connectivity index (χ0) is 15.8. The zero-order valence-electron chi connectivity index (χ0n) is 12.2. The van der Waals surface area contributed by atoms with Crippen LogP contribution in [0.4, 0.5) is 0 Å². The van der Waals surface area contributed by atoms with Crippen molar-refractivity contribution >= 4 is 23.5 Å². The van der Waals surface area contributed by atoms with E-state index in [9.17, 15) is 14.7 Å². The Bertz CT molecular complexity index is 492. The minimum Gasteiger partial charge on any atom is -0.479 e. The van der Waals surface area contributed by atoms with Crippen LogP contribution in [0.5, 0.6) is 0 Å². The van der Waals surface area contributed by atoms with Gasteiger partial charge in [-0.05, 0) is 19.0 Å². The molecular weight excluding hydrogens is 292 g/mol. The van der Waals surface area contributed by atoms with Crippen molar-refractivity contribution in [1.82, 2.24) is 10.6 Å². The summed E-state index contributed by atoms with van der Waals surface area (Å²) in [7, 11) is 0. The first-order valence-electron chi connectivity index (χ1n) is 6.91. The molecule has 0 aliphatic heterocycles. The van der Waals surface area contributed by atoms with Crippen molar-refractivity contribution in [2.45, 2.75) is 38.8 Å². The molecule has 0 saturated carbocycles. The van der Waals surface area contributed by atoms with Crippen molar-refractivity contribution in [1.29, 1.82) is 0 Å². The zero-order valence-corrected chi connectivity index (χ0v) is 13.0. The molecule has 0 aliphatic rings. The fourth-order valence-electron chi connectivity index (χ4n) is 1.85. The van der Waals surface area contributed by atoms with Crippen LogP contribution in [-0.2, 0) is 9.59 Å². The van der Waals surface area contributed by atoms with Crippen LogP contribution >= 0.6 is 11.6 Å². The van der Waals surface area contributed by atoms with Gasteiger partial charge in [0.25, 0.3) is 0 Å². The van der Waals surface area contributed by atoms with Crippen molar-refractivity contribution in [2.24, 2.45) is 0 Å². The van der Waals surface area contributed by atoms with E-state index in [0.29, 0.717) is 23.0 Å². The molecule has 1 rings (SSSR count).